The molecule has 0 bridgehead atoms. The molecule has 0 aliphatic rings. The maximum Gasteiger partial charge on any atom is 0.0912 e. The minimum absolute atomic E-state index is 0.343. The molecule has 0 saturated heterocycles. The Kier molecular flexibility index (Phi) is 3.45. The highest BCUT2D eigenvalue weighted by molar-refractivity contribution is 6.31. The van der Waals surface area contributed by atoms with E-state index in [1.165, 1.54) is 0 Å². The monoisotopic (exact) mass is 250 g/mol. The Morgan fingerprint density at radius 3 is 2.88 bits per heavy atom. The lowest BCUT2D eigenvalue weighted by Gasteiger charge is -2.14. The van der Waals surface area contributed by atoms with Gasteiger partial charge in [0.05, 0.1) is 28.6 Å². The van der Waals surface area contributed by atoms with E-state index < -0.39 is 0 Å². The van der Waals surface area contributed by atoms with Crippen LogP contribution in [0.4, 0.5) is 0 Å². The third kappa shape index (κ3) is 2.33. The van der Waals surface area contributed by atoms with Crippen LogP contribution in [0.15, 0.2) is 24.4 Å². The van der Waals surface area contributed by atoms with Crippen molar-refractivity contribution >= 4 is 11.6 Å². The van der Waals surface area contributed by atoms with E-state index in [-0.39, 0.29) is 6.04 Å². The van der Waals surface area contributed by atoms with E-state index in [4.69, 9.17) is 17.3 Å². The van der Waals surface area contributed by atoms with Crippen molar-refractivity contribution in [1.29, 1.82) is 0 Å². The van der Waals surface area contributed by atoms with Gasteiger partial charge in [0.1, 0.15) is 0 Å². The summed E-state index contributed by atoms with van der Waals surface area (Å²) in [4.78, 5) is 4.42. The highest BCUT2D eigenvalue weighted by Crippen LogP contribution is 2.25. The Hall–Kier alpha value is -1.39. The van der Waals surface area contributed by atoms with Crippen LogP contribution < -0.4 is 5.73 Å². The molecule has 5 heteroatoms. The SMILES string of the molecule is CCn1ncc(Cl)c1C(N)c1cccc(C)n1. The topological polar surface area (TPSA) is 56.7 Å². The Labute approximate surface area is 105 Å². The standard InChI is InChI=1S/C12H15ClN4/c1-3-17-12(9(13)7-15-17)11(14)10-6-4-5-8(2)16-10/h4-7,11H,3,14H2,1-2H3. The second-order valence-electron chi connectivity index (χ2n) is 3.88. The summed E-state index contributed by atoms with van der Waals surface area (Å²) in [6.07, 6.45) is 1.62. The average molecular weight is 251 g/mol. The lowest BCUT2D eigenvalue weighted by Crippen LogP contribution is -2.19. The summed E-state index contributed by atoms with van der Waals surface area (Å²) >= 11 is 6.12. The molecule has 0 saturated carbocycles. The second kappa shape index (κ2) is 4.85. The molecule has 0 aliphatic heterocycles. The van der Waals surface area contributed by atoms with E-state index in [0.717, 1.165) is 23.6 Å². The molecule has 2 heterocycles. The van der Waals surface area contributed by atoms with Crippen molar-refractivity contribution in [3.05, 3.63) is 46.5 Å². The van der Waals surface area contributed by atoms with Crippen LogP contribution in [0.1, 0.15) is 30.0 Å². The Morgan fingerprint density at radius 1 is 1.47 bits per heavy atom. The summed E-state index contributed by atoms with van der Waals surface area (Å²) in [5.74, 6) is 0. The van der Waals surface area contributed by atoms with Gasteiger partial charge in [-0.05, 0) is 26.0 Å². The minimum atomic E-state index is -0.343. The van der Waals surface area contributed by atoms with Crippen LogP contribution in [0.5, 0.6) is 0 Å². The van der Waals surface area contributed by atoms with Gasteiger partial charge in [0.2, 0.25) is 0 Å². The molecule has 0 aliphatic carbocycles. The van der Waals surface area contributed by atoms with Gasteiger partial charge in [-0.2, -0.15) is 5.10 Å². The van der Waals surface area contributed by atoms with Crippen LogP contribution in [0.2, 0.25) is 5.02 Å². The predicted molar refractivity (Wildman–Crippen MR) is 67.9 cm³/mol. The van der Waals surface area contributed by atoms with Crippen molar-refractivity contribution in [2.24, 2.45) is 5.73 Å². The van der Waals surface area contributed by atoms with Crippen molar-refractivity contribution in [1.82, 2.24) is 14.8 Å². The van der Waals surface area contributed by atoms with Crippen LogP contribution in [0.25, 0.3) is 0 Å². The molecule has 2 aromatic rings. The molecule has 1 unspecified atom stereocenters. The summed E-state index contributed by atoms with van der Waals surface area (Å²) < 4.78 is 1.80. The first kappa shape index (κ1) is 12.1. The minimum Gasteiger partial charge on any atom is -0.318 e. The van der Waals surface area contributed by atoms with Gasteiger partial charge in [-0.3, -0.25) is 9.67 Å². The molecule has 0 radical (unpaired) electrons. The number of nitrogens with two attached hydrogens (primary N) is 1. The van der Waals surface area contributed by atoms with Gasteiger partial charge < -0.3 is 5.73 Å². The molecule has 0 spiro atoms. The van der Waals surface area contributed by atoms with Crippen LogP contribution in [0, 0.1) is 6.92 Å². The predicted octanol–water partition coefficient (Wildman–Crippen LogP) is 2.31. The lowest BCUT2D eigenvalue weighted by atomic mass is 10.1. The van der Waals surface area contributed by atoms with Gasteiger partial charge in [-0.25, -0.2) is 0 Å². The zero-order valence-electron chi connectivity index (χ0n) is 9.89. The first-order valence-electron chi connectivity index (χ1n) is 5.53. The molecule has 2 aromatic heterocycles. The summed E-state index contributed by atoms with van der Waals surface area (Å²) in [6.45, 7) is 4.68. The van der Waals surface area contributed by atoms with Gasteiger partial charge in [-0.15, -0.1) is 0 Å². The highest BCUT2D eigenvalue weighted by Gasteiger charge is 2.18. The molecular weight excluding hydrogens is 236 g/mol. The number of hydrogen-bond acceptors (Lipinski definition) is 3. The van der Waals surface area contributed by atoms with Crippen molar-refractivity contribution in [3.8, 4) is 0 Å². The smallest absolute Gasteiger partial charge is 0.0912 e. The van der Waals surface area contributed by atoms with E-state index >= 15 is 0 Å². The van der Waals surface area contributed by atoms with Gasteiger partial charge in [-0.1, -0.05) is 17.7 Å². The Bertz CT molecular complexity index is 521. The number of nitrogens with zero attached hydrogens (tertiary/aromatic N) is 3. The van der Waals surface area contributed by atoms with Crippen molar-refractivity contribution in [2.45, 2.75) is 26.4 Å². The van der Waals surface area contributed by atoms with E-state index in [0.29, 0.717) is 5.02 Å². The Balaban J connectivity index is 2.43. The molecule has 2 rings (SSSR count). The quantitative estimate of drug-likeness (QED) is 0.910. The zero-order chi connectivity index (χ0) is 12.4. The molecule has 0 fully saturated rings. The largest absolute Gasteiger partial charge is 0.318 e. The van der Waals surface area contributed by atoms with Crippen LogP contribution >= 0.6 is 11.6 Å². The first-order valence-corrected chi connectivity index (χ1v) is 5.91. The first-order chi connectivity index (χ1) is 8.13. The van der Waals surface area contributed by atoms with Crippen LogP contribution in [-0.4, -0.2) is 14.8 Å². The second-order valence-corrected chi connectivity index (χ2v) is 4.28. The molecule has 4 nitrogen and oxygen atoms in total. The molecule has 2 N–H and O–H groups in total. The van der Waals surface area contributed by atoms with E-state index in [2.05, 4.69) is 10.1 Å². The third-order valence-electron chi connectivity index (χ3n) is 2.66. The van der Waals surface area contributed by atoms with Gasteiger partial charge >= 0.3 is 0 Å². The van der Waals surface area contributed by atoms with Crippen LogP contribution in [-0.2, 0) is 6.54 Å². The number of aryl methyl sites for hydroxylation is 2. The lowest BCUT2D eigenvalue weighted by molar-refractivity contribution is 0.596. The molecule has 90 valence electrons. The van der Waals surface area contributed by atoms with E-state index in [1.807, 2.05) is 32.0 Å². The molecular formula is C12H15ClN4. The van der Waals surface area contributed by atoms with E-state index in [9.17, 15) is 0 Å². The van der Waals surface area contributed by atoms with Crippen molar-refractivity contribution < 1.29 is 0 Å². The van der Waals surface area contributed by atoms with Crippen LogP contribution in [0.3, 0.4) is 0 Å². The van der Waals surface area contributed by atoms with Gasteiger partial charge in [0.25, 0.3) is 0 Å². The van der Waals surface area contributed by atoms with Gasteiger partial charge in [0.15, 0.2) is 0 Å². The fraction of sp³-hybridized carbons (Fsp3) is 0.333. The maximum atomic E-state index is 6.20. The zero-order valence-corrected chi connectivity index (χ0v) is 10.6. The van der Waals surface area contributed by atoms with E-state index in [1.54, 1.807) is 10.9 Å². The summed E-state index contributed by atoms with van der Waals surface area (Å²) in [5.41, 5.74) is 8.76. The third-order valence-corrected chi connectivity index (χ3v) is 2.95. The number of aromatic nitrogens is 3. The highest BCUT2D eigenvalue weighted by atomic mass is 35.5. The summed E-state index contributed by atoms with van der Waals surface area (Å²) in [5, 5.41) is 4.77. The number of hydrogen-bond donors (Lipinski definition) is 1. The maximum absolute atomic E-state index is 6.20. The van der Waals surface area contributed by atoms with Gasteiger partial charge in [0, 0.05) is 12.2 Å². The number of pyridine rings is 1. The number of halogens is 1. The summed E-state index contributed by atoms with van der Waals surface area (Å²) in [6, 6.07) is 5.44. The average Bonchev–Trinajstić information content (AvgIpc) is 2.69. The van der Waals surface area contributed by atoms with Crippen molar-refractivity contribution in [3.63, 3.8) is 0 Å². The fourth-order valence-corrected chi connectivity index (χ4v) is 2.07. The fourth-order valence-electron chi connectivity index (χ4n) is 1.81. The molecule has 1 atom stereocenters. The molecule has 17 heavy (non-hydrogen) atoms. The Morgan fingerprint density at radius 2 is 2.24 bits per heavy atom. The molecule has 0 aromatic carbocycles. The normalized spacial score (nSPS) is 12.7. The van der Waals surface area contributed by atoms with Crippen molar-refractivity contribution in [2.75, 3.05) is 0 Å². The summed E-state index contributed by atoms with van der Waals surface area (Å²) in [7, 11) is 0. The number of rotatable bonds is 3. The molecule has 0 amide bonds.